The van der Waals surface area contributed by atoms with Crippen molar-refractivity contribution in [2.75, 3.05) is 0 Å². The lowest BCUT2D eigenvalue weighted by Crippen LogP contribution is -2.13. The fourth-order valence-corrected chi connectivity index (χ4v) is 2.05. The Morgan fingerprint density at radius 3 is 2.63 bits per heavy atom. The van der Waals surface area contributed by atoms with Crippen LogP contribution in [0.5, 0.6) is 5.75 Å². The summed E-state index contributed by atoms with van der Waals surface area (Å²) in [7, 11) is 1.92. The van der Waals surface area contributed by atoms with Crippen molar-refractivity contribution in [2.24, 2.45) is 12.8 Å². The lowest BCUT2D eigenvalue weighted by Gasteiger charge is -2.15. The zero-order valence-electron chi connectivity index (χ0n) is 11.9. The second kappa shape index (κ2) is 5.45. The zero-order chi connectivity index (χ0) is 14.0. The zero-order valence-corrected chi connectivity index (χ0v) is 11.9. The van der Waals surface area contributed by atoms with E-state index in [0.29, 0.717) is 0 Å². The van der Waals surface area contributed by atoms with E-state index in [9.17, 15) is 0 Å². The van der Waals surface area contributed by atoms with Gasteiger partial charge in [0.25, 0.3) is 0 Å². The molecule has 1 unspecified atom stereocenters. The maximum atomic E-state index is 6.32. The molecule has 0 bridgehead atoms. The van der Waals surface area contributed by atoms with E-state index in [2.05, 4.69) is 5.10 Å². The molecular formula is C15H21N3O. The quantitative estimate of drug-likeness (QED) is 0.918. The molecule has 2 N–H and O–H groups in total. The molecule has 0 radical (unpaired) electrons. The maximum absolute atomic E-state index is 6.32. The number of hydrogen-bond donors (Lipinski definition) is 1. The number of ether oxygens (including phenoxy) is 1. The number of aryl methyl sites for hydroxylation is 1. The molecule has 0 saturated heterocycles. The minimum absolute atomic E-state index is 0.159. The van der Waals surface area contributed by atoms with E-state index in [1.165, 1.54) is 0 Å². The van der Waals surface area contributed by atoms with Crippen LogP contribution < -0.4 is 10.5 Å². The van der Waals surface area contributed by atoms with E-state index in [-0.39, 0.29) is 12.1 Å². The van der Waals surface area contributed by atoms with E-state index in [4.69, 9.17) is 10.5 Å². The van der Waals surface area contributed by atoms with Gasteiger partial charge in [-0.2, -0.15) is 5.10 Å². The Morgan fingerprint density at radius 1 is 1.32 bits per heavy atom. The highest BCUT2D eigenvalue weighted by Gasteiger charge is 2.15. The van der Waals surface area contributed by atoms with Gasteiger partial charge in [0.15, 0.2) is 0 Å². The van der Waals surface area contributed by atoms with Crippen molar-refractivity contribution in [3.8, 4) is 5.75 Å². The highest BCUT2D eigenvalue weighted by atomic mass is 16.5. The number of aromatic nitrogens is 2. The van der Waals surface area contributed by atoms with Crippen LogP contribution >= 0.6 is 0 Å². The van der Waals surface area contributed by atoms with Crippen LogP contribution in [-0.4, -0.2) is 15.9 Å². The molecule has 1 heterocycles. The van der Waals surface area contributed by atoms with Gasteiger partial charge in [0.2, 0.25) is 0 Å². The highest BCUT2D eigenvalue weighted by molar-refractivity contribution is 5.37. The van der Waals surface area contributed by atoms with E-state index in [1.807, 2.05) is 63.0 Å². The summed E-state index contributed by atoms with van der Waals surface area (Å²) in [6.45, 7) is 6.05. The summed E-state index contributed by atoms with van der Waals surface area (Å²) in [6.07, 6.45) is 1.99. The Hall–Kier alpha value is -1.81. The standard InChI is InChI=1S/C15H21N3O/c1-10(2)19-13-7-5-6-12(8-13)15(16)14-9-17-18(4)11(14)3/h5-10,15H,16H2,1-4H3. The van der Waals surface area contributed by atoms with Crippen LogP contribution in [0.15, 0.2) is 30.5 Å². The minimum Gasteiger partial charge on any atom is -0.491 e. The van der Waals surface area contributed by atoms with Gasteiger partial charge >= 0.3 is 0 Å². The van der Waals surface area contributed by atoms with E-state index in [0.717, 1.165) is 22.6 Å². The van der Waals surface area contributed by atoms with Crippen molar-refractivity contribution < 1.29 is 4.74 Å². The summed E-state index contributed by atoms with van der Waals surface area (Å²) in [5.41, 5.74) is 9.49. The first-order chi connectivity index (χ1) is 8.99. The highest BCUT2D eigenvalue weighted by Crippen LogP contribution is 2.25. The number of benzene rings is 1. The van der Waals surface area contributed by atoms with Crippen molar-refractivity contribution >= 4 is 0 Å². The molecule has 19 heavy (non-hydrogen) atoms. The van der Waals surface area contributed by atoms with Crippen molar-refractivity contribution in [3.05, 3.63) is 47.3 Å². The molecule has 0 aliphatic rings. The number of rotatable bonds is 4. The number of nitrogens with zero attached hydrogens (tertiary/aromatic N) is 2. The molecule has 0 fully saturated rings. The molecule has 1 atom stereocenters. The summed E-state index contributed by atoms with van der Waals surface area (Å²) < 4.78 is 7.54. The van der Waals surface area contributed by atoms with Gasteiger partial charge in [0.05, 0.1) is 18.3 Å². The summed E-state index contributed by atoms with van der Waals surface area (Å²) in [5.74, 6) is 0.851. The van der Waals surface area contributed by atoms with E-state index >= 15 is 0 Å². The average molecular weight is 259 g/mol. The predicted octanol–water partition coefficient (Wildman–Crippen LogP) is 2.56. The molecule has 0 spiro atoms. The molecule has 2 rings (SSSR count). The molecule has 0 aliphatic carbocycles. The van der Waals surface area contributed by atoms with Crippen molar-refractivity contribution in [3.63, 3.8) is 0 Å². The lowest BCUT2D eigenvalue weighted by molar-refractivity contribution is 0.242. The van der Waals surface area contributed by atoms with Crippen molar-refractivity contribution in [1.82, 2.24) is 9.78 Å². The monoisotopic (exact) mass is 259 g/mol. The summed E-state index contributed by atoms with van der Waals surface area (Å²) >= 11 is 0. The molecular weight excluding hydrogens is 238 g/mol. The summed E-state index contributed by atoms with van der Waals surface area (Å²) in [6, 6.07) is 7.76. The second-order valence-corrected chi connectivity index (χ2v) is 5.03. The van der Waals surface area contributed by atoms with Crippen LogP contribution in [0.25, 0.3) is 0 Å². The maximum Gasteiger partial charge on any atom is 0.120 e. The topological polar surface area (TPSA) is 53.1 Å². The summed E-state index contributed by atoms with van der Waals surface area (Å²) in [4.78, 5) is 0. The molecule has 0 amide bonds. The van der Waals surface area contributed by atoms with Gasteiger partial charge in [-0.1, -0.05) is 12.1 Å². The van der Waals surface area contributed by atoms with Crippen LogP contribution in [0.3, 0.4) is 0 Å². The lowest BCUT2D eigenvalue weighted by atomic mass is 10.0. The Balaban J connectivity index is 2.28. The number of hydrogen-bond acceptors (Lipinski definition) is 3. The van der Waals surface area contributed by atoms with Gasteiger partial charge in [-0.25, -0.2) is 0 Å². The van der Waals surface area contributed by atoms with Gasteiger partial charge < -0.3 is 10.5 Å². The van der Waals surface area contributed by atoms with Crippen LogP contribution in [0.2, 0.25) is 0 Å². The SMILES string of the molecule is Cc1c(C(N)c2cccc(OC(C)C)c2)cnn1C. The molecule has 102 valence electrons. The first-order valence-corrected chi connectivity index (χ1v) is 6.49. The Kier molecular flexibility index (Phi) is 3.90. The normalized spacial score (nSPS) is 12.7. The Bertz CT molecular complexity index is 560. The van der Waals surface area contributed by atoms with Crippen LogP contribution in [0, 0.1) is 6.92 Å². The molecule has 2 aromatic rings. The van der Waals surface area contributed by atoms with Gasteiger partial charge in [-0.15, -0.1) is 0 Å². The van der Waals surface area contributed by atoms with Crippen LogP contribution in [0.1, 0.15) is 36.7 Å². The first-order valence-electron chi connectivity index (χ1n) is 6.49. The largest absolute Gasteiger partial charge is 0.491 e. The molecule has 4 nitrogen and oxygen atoms in total. The van der Waals surface area contributed by atoms with E-state index < -0.39 is 0 Å². The van der Waals surface area contributed by atoms with Crippen molar-refractivity contribution in [1.29, 1.82) is 0 Å². The predicted molar refractivity (Wildman–Crippen MR) is 76.2 cm³/mol. The molecule has 0 aliphatic heterocycles. The third-order valence-electron chi connectivity index (χ3n) is 3.20. The van der Waals surface area contributed by atoms with Gasteiger partial charge in [0, 0.05) is 18.3 Å². The average Bonchev–Trinajstić information content (AvgIpc) is 2.69. The van der Waals surface area contributed by atoms with Crippen LogP contribution in [0.4, 0.5) is 0 Å². The smallest absolute Gasteiger partial charge is 0.120 e. The number of nitrogens with two attached hydrogens (primary N) is 1. The van der Waals surface area contributed by atoms with Gasteiger partial charge in [0.1, 0.15) is 5.75 Å². The van der Waals surface area contributed by atoms with Gasteiger partial charge in [-0.05, 0) is 38.5 Å². The van der Waals surface area contributed by atoms with Crippen molar-refractivity contribution in [2.45, 2.75) is 32.9 Å². The molecule has 1 aromatic carbocycles. The third-order valence-corrected chi connectivity index (χ3v) is 3.20. The first kappa shape index (κ1) is 13.6. The van der Waals surface area contributed by atoms with Crippen LogP contribution in [-0.2, 0) is 7.05 Å². The van der Waals surface area contributed by atoms with E-state index in [1.54, 1.807) is 0 Å². The second-order valence-electron chi connectivity index (χ2n) is 5.03. The molecule has 0 saturated carbocycles. The fourth-order valence-electron chi connectivity index (χ4n) is 2.05. The molecule has 1 aromatic heterocycles. The Labute approximate surface area is 114 Å². The Morgan fingerprint density at radius 2 is 2.05 bits per heavy atom. The molecule has 4 heteroatoms. The fraction of sp³-hybridized carbons (Fsp3) is 0.400. The minimum atomic E-state index is -0.176. The summed E-state index contributed by atoms with van der Waals surface area (Å²) in [5, 5.41) is 4.24. The van der Waals surface area contributed by atoms with Gasteiger partial charge in [-0.3, -0.25) is 4.68 Å². The third kappa shape index (κ3) is 2.96.